The van der Waals surface area contributed by atoms with Crippen LogP contribution >= 0.6 is 23.5 Å². The zero-order chi connectivity index (χ0) is 21.1. The highest BCUT2D eigenvalue weighted by molar-refractivity contribution is 8.21. The Balaban J connectivity index is 1.27. The van der Waals surface area contributed by atoms with Gasteiger partial charge in [-0.1, -0.05) is 6.42 Å². The number of methoxy groups -OCH3 is 1. The van der Waals surface area contributed by atoms with Gasteiger partial charge in [-0.05, 0) is 61.8 Å². The van der Waals surface area contributed by atoms with Gasteiger partial charge in [0.15, 0.2) is 6.61 Å². The van der Waals surface area contributed by atoms with Gasteiger partial charge in [-0.25, -0.2) is 4.79 Å². The second-order valence-corrected chi connectivity index (χ2v) is 11.1. The maximum atomic E-state index is 12.7. The van der Waals surface area contributed by atoms with Crippen LogP contribution in [0.2, 0.25) is 0 Å². The summed E-state index contributed by atoms with van der Waals surface area (Å²) in [5, 5.41) is 2.69. The Bertz CT molecular complexity index is 790. The Labute approximate surface area is 185 Å². The maximum Gasteiger partial charge on any atom is 0.337 e. The van der Waals surface area contributed by atoms with Crippen molar-refractivity contribution in [2.24, 2.45) is 17.8 Å². The van der Waals surface area contributed by atoms with Crippen molar-refractivity contribution < 1.29 is 23.9 Å². The molecule has 1 saturated heterocycles. The first-order chi connectivity index (χ1) is 14.5. The summed E-state index contributed by atoms with van der Waals surface area (Å²) in [6.07, 6.45) is 5.42. The molecule has 1 amide bonds. The second kappa shape index (κ2) is 9.22. The molecule has 1 unspecified atom stereocenters. The molecule has 3 atom stereocenters. The second-order valence-electron chi connectivity index (χ2n) is 8.14. The molecule has 2 saturated carbocycles. The summed E-state index contributed by atoms with van der Waals surface area (Å²) < 4.78 is 10.3. The number of hydrogen-bond donors (Lipinski definition) is 1. The predicted molar refractivity (Wildman–Crippen MR) is 119 cm³/mol. The zero-order valence-electron chi connectivity index (χ0n) is 17.1. The Morgan fingerprint density at radius 2 is 1.70 bits per heavy atom. The Morgan fingerprint density at radius 3 is 2.30 bits per heavy atom. The summed E-state index contributed by atoms with van der Waals surface area (Å²) in [7, 11) is 1.32. The molecule has 30 heavy (non-hydrogen) atoms. The minimum atomic E-state index is -0.435. The number of thioether (sulfide) groups is 2. The fourth-order valence-corrected chi connectivity index (χ4v) is 9.00. The molecular weight excluding hydrogens is 422 g/mol. The van der Waals surface area contributed by atoms with Crippen molar-refractivity contribution >= 4 is 47.1 Å². The number of hydrogen-bond acceptors (Lipinski definition) is 7. The Morgan fingerprint density at radius 1 is 1.07 bits per heavy atom. The van der Waals surface area contributed by atoms with Crippen LogP contribution in [0.5, 0.6) is 0 Å². The third-order valence-corrected chi connectivity index (χ3v) is 10.4. The quantitative estimate of drug-likeness (QED) is 0.682. The number of anilines is 1. The van der Waals surface area contributed by atoms with E-state index in [1.54, 1.807) is 24.3 Å². The molecule has 3 fully saturated rings. The molecule has 4 rings (SSSR count). The van der Waals surface area contributed by atoms with Gasteiger partial charge in [-0.15, -0.1) is 23.5 Å². The van der Waals surface area contributed by atoms with Crippen LogP contribution in [-0.4, -0.2) is 47.1 Å². The first-order valence-electron chi connectivity index (χ1n) is 10.4. The van der Waals surface area contributed by atoms with Crippen LogP contribution in [0.3, 0.4) is 0 Å². The van der Waals surface area contributed by atoms with E-state index >= 15 is 0 Å². The number of ether oxygens (including phenoxy) is 2. The summed E-state index contributed by atoms with van der Waals surface area (Å²) in [6.45, 7) is -0.294. The summed E-state index contributed by atoms with van der Waals surface area (Å²) in [5.74, 6) is 2.41. The molecule has 162 valence electrons. The minimum Gasteiger partial charge on any atom is -0.465 e. The lowest BCUT2D eigenvalue weighted by atomic mass is 9.67. The third kappa shape index (κ3) is 4.35. The highest BCUT2D eigenvalue weighted by atomic mass is 32.2. The Kier molecular flexibility index (Phi) is 6.63. The molecule has 1 heterocycles. The van der Waals surface area contributed by atoms with Crippen LogP contribution in [0.25, 0.3) is 0 Å². The van der Waals surface area contributed by atoms with E-state index in [0.29, 0.717) is 27.2 Å². The van der Waals surface area contributed by atoms with Crippen LogP contribution in [0.1, 0.15) is 42.5 Å². The first-order valence-corrected chi connectivity index (χ1v) is 12.4. The van der Waals surface area contributed by atoms with Crippen LogP contribution in [0, 0.1) is 17.8 Å². The van der Waals surface area contributed by atoms with Crippen molar-refractivity contribution in [1.82, 2.24) is 0 Å². The third-order valence-electron chi connectivity index (χ3n) is 6.39. The van der Waals surface area contributed by atoms with E-state index in [1.165, 1.54) is 37.9 Å². The summed E-state index contributed by atoms with van der Waals surface area (Å²) in [4.78, 5) is 36.3. The average Bonchev–Trinajstić information content (AvgIpc) is 3.21. The van der Waals surface area contributed by atoms with Crippen LogP contribution in [0.4, 0.5) is 5.69 Å². The lowest BCUT2D eigenvalue weighted by Crippen LogP contribution is -2.48. The number of carbonyl (C=O) groups is 3. The fourth-order valence-electron chi connectivity index (χ4n) is 5.06. The highest BCUT2D eigenvalue weighted by Crippen LogP contribution is 2.64. The number of benzene rings is 1. The normalized spacial score (nSPS) is 26.8. The van der Waals surface area contributed by atoms with Crippen LogP contribution in [0.15, 0.2) is 24.3 Å². The predicted octanol–water partition coefficient (Wildman–Crippen LogP) is 3.96. The van der Waals surface area contributed by atoms with E-state index in [-0.39, 0.29) is 24.4 Å². The molecule has 1 aliphatic heterocycles. The molecule has 0 radical (unpaired) electrons. The van der Waals surface area contributed by atoms with Gasteiger partial charge in [0.2, 0.25) is 0 Å². The molecule has 1 N–H and O–H groups in total. The molecule has 1 spiro atoms. The van der Waals surface area contributed by atoms with E-state index in [0.717, 1.165) is 12.8 Å². The van der Waals surface area contributed by atoms with Crippen molar-refractivity contribution in [3.63, 3.8) is 0 Å². The van der Waals surface area contributed by atoms with E-state index in [9.17, 15) is 14.4 Å². The largest absolute Gasteiger partial charge is 0.465 e. The van der Waals surface area contributed by atoms with Crippen LogP contribution < -0.4 is 5.32 Å². The van der Waals surface area contributed by atoms with Gasteiger partial charge in [0, 0.05) is 17.2 Å². The SMILES string of the molecule is COC(=O)c1ccc(NC(=O)COC(=O)C2C[C@H]3CCC[C@@H](C2)C32SCCS2)cc1. The number of rotatable bonds is 5. The minimum absolute atomic E-state index is 0.0973. The van der Waals surface area contributed by atoms with Crippen molar-refractivity contribution in [3.05, 3.63) is 29.8 Å². The lowest BCUT2D eigenvalue weighted by molar-refractivity contribution is -0.154. The Hall–Kier alpha value is -1.67. The number of amides is 1. The monoisotopic (exact) mass is 449 g/mol. The molecule has 1 aromatic carbocycles. The number of carbonyl (C=O) groups excluding carboxylic acids is 3. The van der Waals surface area contributed by atoms with E-state index in [1.807, 2.05) is 0 Å². The van der Waals surface area contributed by atoms with Gasteiger partial charge in [-0.3, -0.25) is 9.59 Å². The molecule has 2 aliphatic carbocycles. The van der Waals surface area contributed by atoms with Gasteiger partial charge < -0.3 is 14.8 Å². The number of esters is 2. The summed E-state index contributed by atoms with van der Waals surface area (Å²) in [6, 6.07) is 6.38. The van der Waals surface area contributed by atoms with E-state index in [2.05, 4.69) is 33.6 Å². The molecule has 2 bridgehead atoms. The van der Waals surface area contributed by atoms with Crippen molar-refractivity contribution in [1.29, 1.82) is 0 Å². The van der Waals surface area contributed by atoms with E-state index in [4.69, 9.17) is 4.74 Å². The average molecular weight is 450 g/mol. The topological polar surface area (TPSA) is 81.7 Å². The smallest absolute Gasteiger partial charge is 0.337 e. The molecular formula is C22H27NO5S2. The first kappa shape index (κ1) is 21.6. The van der Waals surface area contributed by atoms with Gasteiger partial charge in [0.05, 0.1) is 22.7 Å². The lowest BCUT2D eigenvalue weighted by Gasteiger charge is -2.51. The van der Waals surface area contributed by atoms with Crippen molar-refractivity contribution in [2.75, 3.05) is 30.5 Å². The molecule has 8 heteroatoms. The fraction of sp³-hybridized carbons (Fsp3) is 0.591. The van der Waals surface area contributed by atoms with Crippen molar-refractivity contribution in [2.45, 2.75) is 36.2 Å². The van der Waals surface area contributed by atoms with Gasteiger partial charge in [0.1, 0.15) is 0 Å². The molecule has 0 aromatic heterocycles. The van der Waals surface area contributed by atoms with Gasteiger partial charge >= 0.3 is 11.9 Å². The standard InChI is InChI=1S/C22H27NO5S2/c1-27-20(25)14-5-7-18(8-6-14)23-19(24)13-28-21(26)15-11-16-3-2-4-17(12-15)22(16)29-9-10-30-22/h5-8,15-17H,2-4,9-13H2,1H3,(H,23,24)/t15?,16-,17+. The van der Waals surface area contributed by atoms with Gasteiger partial charge in [0.25, 0.3) is 5.91 Å². The summed E-state index contributed by atoms with van der Waals surface area (Å²) in [5.41, 5.74) is 0.939. The summed E-state index contributed by atoms with van der Waals surface area (Å²) >= 11 is 4.23. The molecule has 3 aliphatic rings. The number of nitrogens with one attached hydrogen (secondary N) is 1. The van der Waals surface area contributed by atoms with E-state index < -0.39 is 5.97 Å². The molecule has 6 nitrogen and oxygen atoms in total. The molecule has 1 aromatic rings. The van der Waals surface area contributed by atoms with Crippen LogP contribution in [-0.2, 0) is 19.1 Å². The highest BCUT2D eigenvalue weighted by Gasteiger charge is 2.55. The van der Waals surface area contributed by atoms with Gasteiger partial charge in [-0.2, -0.15) is 0 Å². The maximum absolute atomic E-state index is 12.7. The van der Waals surface area contributed by atoms with Crippen molar-refractivity contribution in [3.8, 4) is 0 Å². The zero-order valence-corrected chi connectivity index (χ0v) is 18.7.